The van der Waals surface area contributed by atoms with E-state index in [0.717, 1.165) is 25.7 Å². The third-order valence-corrected chi connectivity index (χ3v) is 5.77. The van der Waals surface area contributed by atoms with Gasteiger partial charge in [-0.25, -0.2) is 4.98 Å². The van der Waals surface area contributed by atoms with E-state index in [1.54, 1.807) is 4.57 Å². The molecule has 11 nitrogen and oxygen atoms in total. The van der Waals surface area contributed by atoms with Gasteiger partial charge in [0.25, 0.3) is 0 Å². The maximum atomic E-state index is 9.83. The van der Waals surface area contributed by atoms with Crippen molar-refractivity contribution in [2.24, 2.45) is 0 Å². The molecule has 3 fully saturated rings. The number of anilines is 1. The normalized spacial score (nSPS) is 29.6. The highest BCUT2D eigenvalue weighted by atomic mass is 16.8. The van der Waals surface area contributed by atoms with Gasteiger partial charge in [-0.15, -0.1) is 0 Å². The van der Waals surface area contributed by atoms with Crippen molar-refractivity contribution in [3.05, 3.63) is 6.33 Å². The molecule has 28 heavy (non-hydrogen) atoms. The standard InChI is InChI=1S/C17H23N5O6/c18-13-10-14(21-16(20-13)27-9-3-1-2-4-9)22(7-19-10)15-11-12(26-8-25-11)17(5-23,6-24)28-15/h7,9,11-12,15,23-24H,1-6,8H2,(H2,18,20,21)/t11-,12+,15-/m1/s1. The molecule has 3 aliphatic rings. The summed E-state index contributed by atoms with van der Waals surface area (Å²) in [4.78, 5) is 13.0. The van der Waals surface area contributed by atoms with E-state index in [-0.39, 0.29) is 24.7 Å². The topological polar surface area (TPSA) is 147 Å². The van der Waals surface area contributed by atoms with Crippen LogP contribution in [-0.2, 0) is 14.2 Å². The highest BCUT2D eigenvalue weighted by molar-refractivity contribution is 5.82. The van der Waals surface area contributed by atoms with Crippen molar-refractivity contribution in [3.8, 4) is 6.01 Å². The average molecular weight is 393 g/mol. The molecule has 0 spiro atoms. The Kier molecular flexibility index (Phi) is 4.36. The summed E-state index contributed by atoms with van der Waals surface area (Å²) in [5, 5.41) is 19.7. The first-order chi connectivity index (χ1) is 13.6. The summed E-state index contributed by atoms with van der Waals surface area (Å²) in [5.74, 6) is 0.213. The SMILES string of the molecule is Nc1nc(OC2CCCC2)nc2c1ncn2[C@@H]1OC(CO)(CO)[C@H]2OCO[C@@H]12. The molecule has 2 aliphatic heterocycles. The molecule has 3 atom stereocenters. The highest BCUT2D eigenvalue weighted by Gasteiger charge is 2.59. The van der Waals surface area contributed by atoms with Crippen LogP contribution in [0.1, 0.15) is 31.9 Å². The van der Waals surface area contributed by atoms with E-state index in [9.17, 15) is 10.2 Å². The van der Waals surface area contributed by atoms with Gasteiger partial charge in [0.2, 0.25) is 0 Å². The van der Waals surface area contributed by atoms with Gasteiger partial charge in [0.15, 0.2) is 23.2 Å². The molecule has 0 unspecified atom stereocenters. The lowest BCUT2D eigenvalue weighted by molar-refractivity contribution is -0.178. The minimum absolute atomic E-state index is 0.0523. The lowest BCUT2D eigenvalue weighted by atomic mass is 9.97. The van der Waals surface area contributed by atoms with Crippen LogP contribution >= 0.6 is 0 Å². The lowest BCUT2D eigenvalue weighted by Crippen LogP contribution is -2.48. The van der Waals surface area contributed by atoms with Crippen molar-refractivity contribution in [2.75, 3.05) is 25.7 Å². The van der Waals surface area contributed by atoms with Crippen molar-refractivity contribution in [1.82, 2.24) is 19.5 Å². The summed E-state index contributed by atoms with van der Waals surface area (Å²) in [6.45, 7) is -0.772. The van der Waals surface area contributed by atoms with E-state index in [0.29, 0.717) is 11.2 Å². The number of aromatic nitrogens is 4. The Bertz CT molecular complexity index is 865. The van der Waals surface area contributed by atoms with Crippen LogP contribution in [0.3, 0.4) is 0 Å². The molecule has 0 bridgehead atoms. The Morgan fingerprint density at radius 2 is 2.00 bits per heavy atom. The lowest BCUT2D eigenvalue weighted by Gasteiger charge is -2.28. The predicted octanol–water partition coefficient (Wildman–Crippen LogP) is -0.276. The summed E-state index contributed by atoms with van der Waals surface area (Å²) in [6.07, 6.45) is 3.96. The molecule has 152 valence electrons. The number of hydrogen-bond acceptors (Lipinski definition) is 10. The number of fused-ring (bicyclic) bond motifs is 2. The molecule has 1 saturated carbocycles. The van der Waals surface area contributed by atoms with Crippen molar-refractivity contribution in [2.45, 2.75) is 55.8 Å². The van der Waals surface area contributed by atoms with Crippen molar-refractivity contribution < 1.29 is 29.2 Å². The Balaban J connectivity index is 1.52. The number of hydrogen-bond donors (Lipinski definition) is 3. The van der Waals surface area contributed by atoms with E-state index in [1.165, 1.54) is 6.33 Å². The minimum atomic E-state index is -1.27. The fourth-order valence-electron chi connectivity index (χ4n) is 4.26. The average Bonchev–Trinajstić information content (AvgIpc) is 3.46. The molecule has 5 rings (SSSR count). The summed E-state index contributed by atoms with van der Waals surface area (Å²) in [6, 6.07) is 0.201. The van der Waals surface area contributed by atoms with E-state index >= 15 is 0 Å². The molecular formula is C17H23N5O6. The van der Waals surface area contributed by atoms with Gasteiger partial charge in [-0.1, -0.05) is 0 Å². The van der Waals surface area contributed by atoms with Gasteiger partial charge in [-0.05, 0) is 25.7 Å². The Morgan fingerprint density at radius 1 is 1.21 bits per heavy atom. The molecule has 0 radical (unpaired) electrons. The third kappa shape index (κ3) is 2.65. The first-order valence-corrected chi connectivity index (χ1v) is 9.44. The fourth-order valence-corrected chi connectivity index (χ4v) is 4.26. The molecule has 2 aromatic heterocycles. The van der Waals surface area contributed by atoms with Gasteiger partial charge in [0, 0.05) is 0 Å². The molecule has 1 aliphatic carbocycles. The van der Waals surface area contributed by atoms with E-state index < -0.39 is 37.3 Å². The van der Waals surface area contributed by atoms with E-state index in [1.807, 2.05) is 0 Å². The zero-order valence-corrected chi connectivity index (χ0v) is 15.2. The van der Waals surface area contributed by atoms with Gasteiger partial charge in [0.05, 0.1) is 19.5 Å². The molecule has 0 aromatic carbocycles. The number of nitrogens with zero attached hydrogens (tertiary/aromatic N) is 4. The zero-order chi connectivity index (χ0) is 19.3. The van der Waals surface area contributed by atoms with Crippen LogP contribution < -0.4 is 10.5 Å². The summed E-state index contributed by atoms with van der Waals surface area (Å²) < 4.78 is 24.8. The monoisotopic (exact) mass is 393 g/mol. The van der Waals surface area contributed by atoms with Crippen molar-refractivity contribution in [3.63, 3.8) is 0 Å². The third-order valence-electron chi connectivity index (χ3n) is 5.77. The van der Waals surface area contributed by atoms with Crippen LogP contribution in [0.25, 0.3) is 11.2 Å². The van der Waals surface area contributed by atoms with Crippen molar-refractivity contribution >= 4 is 17.0 Å². The smallest absolute Gasteiger partial charge is 0.320 e. The van der Waals surface area contributed by atoms with Crippen LogP contribution in [0, 0.1) is 0 Å². The van der Waals surface area contributed by atoms with Crippen LogP contribution in [0.15, 0.2) is 6.33 Å². The number of rotatable bonds is 5. The summed E-state index contributed by atoms with van der Waals surface area (Å²) in [5.41, 5.74) is 5.65. The Labute approximate surface area is 160 Å². The molecule has 4 N–H and O–H groups in total. The second-order valence-electron chi connectivity index (χ2n) is 7.47. The summed E-state index contributed by atoms with van der Waals surface area (Å²) in [7, 11) is 0. The Morgan fingerprint density at radius 3 is 2.75 bits per heavy atom. The molecule has 2 saturated heterocycles. The number of nitrogens with two attached hydrogens (primary N) is 1. The molecule has 2 aromatic rings. The maximum absolute atomic E-state index is 9.83. The van der Waals surface area contributed by atoms with Gasteiger partial charge in [-0.2, -0.15) is 9.97 Å². The largest absolute Gasteiger partial charge is 0.460 e. The van der Waals surface area contributed by atoms with E-state index in [4.69, 9.17) is 24.7 Å². The number of ether oxygens (including phenoxy) is 4. The second-order valence-corrected chi connectivity index (χ2v) is 7.47. The molecule has 11 heteroatoms. The van der Waals surface area contributed by atoms with Gasteiger partial charge >= 0.3 is 6.01 Å². The fraction of sp³-hybridized carbons (Fsp3) is 0.706. The van der Waals surface area contributed by atoms with Gasteiger partial charge in [-0.3, -0.25) is 4.57 Å². The highest BCUT2D eigenvalue weighted by Crippen LogP contribution is 2.44. The zero-order valence-electron chi connectivity index (χ0n) is 15.2. The number of nitrogen functional groups attached to an aromatic ring is 1. The van der Waals surface area contributed by atoms with Crippen LogP contribution in [0.4, 0.5) is 5.82 Å². The maximum Gasteiger partial charge on any atom is 0.320 e. The van der Waals surface area contributed by atoms with Crippen LogP contribution in [0.2, 0.25) is 0 Å². The molecule has 0 amide bonds. The van der Waals surface area contributed by atoms with Gasteiger partial charge < -0.3 is 34.9 Å². The summed E-state index contributed by atoms with van der Waals surface area (Å²) >= 11 is 0. The molecular weight excluding hydrogens is 370 g/mol. The van der Waals surface area contributed by atoms with E-state index in [2.05, 4.69) is 15.0 Å². The molecule has 4 heterocycles. The van der Waals surface area contributed by atoms with Gasteiger partial charge in [0.1, 0.15) is 30.7 Å². The first-order valence-electron chi connectivity index (χ1n) is 9.44. The number of imidazole rings is 1. The van der Waals surface area contributed by atoms with Crippen molar-refractivity contribution in [1.29, 1.82) is 0 Å². The Hall–Kier alpha value is -2.05. The quantitative estimate of drug-likeness (QED) is 0.620. The predicted molar refractivity (Wildman–Crippen MR) is 94.3 cm³/mol. The second kappa shape index (κ2) is 6.78. The number of aliphatic hydroxyl groups excluding tert-OH is 2. The van der Waals surface area contributed by atoms with Crippen LogP contribution in [0.5, 0.6) is 6.01 Å². The minimum Gasteiger partial charge on any atom is -0.460 e. The number of aliphatic hydroxyl groups is 2. The first kappa shape index (κ1) is 18.0. The van der Waals surface area contributed by atoms with Crippen LogP contribution in [-0.4, -0.2) is 73.7 Å².